The summed E-state index contributed by atoms with van der Waals surface area (Å²) < 4.78 is 5.36. The number of thiazole rings is 1. The summed E-state index contributed by atoms with van der Waals surface area (Å²) >= 11 is 1.61. The van der Waals surface area contributed by atoms with Crippen molar-refractivity contribution in [3.8, 4) is 0 Å². The third-order valence-electron chi connectivity index (χ3n) is 3.76. The van der Waals surface area contributed by atoms with Crippen LogP contribution in [0.4, 0.5) is 5.69 Å². The maximum atomic E-state index is 12.3. The summed E-state index contributed by atoms with van der Waals surface area (Å²) in [7, 11) is 0. The lowest BCUT2D eigenvalue weighted by Gasteiger charge is -2.28. The van der Waals surface area contributed by atoms with Gasteiger partial charge in [-0.05, 0) is 26.0 Å². The average molecular weight is 332 g/mol. The number of nitrogens with one attached hydrogen (secondary N) is 1. The predicted molar refractivity (Wildman–Crippen MR) is 90.0 cm³/mol. The molecule has 0 bridgehead atoms. The molecule has 23 heavy (non-hydrogen) atoms. The topological polar surface area (TPSA) is 67.4 Å². The first-order valence-corrected chi connectivity index (χ1v) is 8.45. The normalized spacial score (nSPS) is 14.8. The molecule has 2 aromatic heterocycles. The number of nitrogens with zero attached hydrogens (tertiary/aromatic N) is 3. The molecule has 1 saturated heterocycles. The van der Waals surface area contributed by atoms with Crippen LogP contribution in [0.25, 0.3) is 0 Å². The van der Waals surface area contributed by atoms with Gasteiger partial charge in [0.05, 0.1) is 30.5 Å². The maximum absolute atomic E-state index is 12.3. The fourth-order valence-corrected chi connectivity index (χ4v) is 3.43. The Kier molecular flexibility index (Phi) is 4.88. The standard InChI is InChI=1S/C16H20N4O2S/c1-11-15(23-12(2)19-11)10-18-16(21)14-9-13(3-4-17-14)20-5-7-22-8-6-20/h3-4,9H,5-8,10H2,1-2H3,(H,18,21). The number of carbonyl (C=O) groups is 1. The number of ether oxygens (including phenoxy) is 1. The Bertz CT molecular complexity index is 695. The van der Waals surface area contributed by atoms with Crippen LogP contribution in [0.3, 0.4) is 0 Å². The van der Waals surface area contributed by atoms with Crippen molar-refractivity contribution in [3.63, 3.8) is 0 Å². The van der Waals surface area contributed by atoms with Crippen molar-refractivity contribution >= 4 is 22.9 Å². The van der Waals surface area contributed by atoms with Crippen molar-refractivity contribution in [1.82, 2.24) is 15.3 Å². The molecule has 1 amide bonds. The number of morpholine rings is 1. The van der Waals surface area contributed by atoms with Gasteiger partial charge in [-0.1, -0.05) is 0 Å². The van der Waals surface area contributed by atoms with Crippen LogP contribution in [0.15, 0.2) is 18.3 Å². The summed E-state index contributed by atoms with van der Waals surface area (Å²) in [6.07, 6.45) is 1.68. The van der Waals surface area contributed by atoms with Crippen molar-refractivity contribution in [3.05, 3.63) is 39.6 Å². The van der Waals surface area contributed by atoms with Crippen molar-refractivity contribution < 1.29 is 9.53 Å². The molecule has 2 aromatic rings. The van der Waals surface area contributed by atoms with Gasteiger partial charge in [0.1, 0.15) is 5.69 Å². The van der Waals surface area contributed by atoms with Crippen LogP contribution in [0.1, 0.15) is 26.1 Å². The Labute approximate surface area is 139 Å². The molecule has 122 valence electrons. The van der Waals surface area contributed by atoms with E-state index in [1.54, 1.807) is 17.5 Å². The second kappa shape index (κ2) is 7.06. The lowest BCUT2D eigenvalue weighted by atomic mass is 10.2. The predicted octanol–water partition coefficient (Wildman–Crippen LogP) is 1.92. The van der Waals surface area contributed by atoms with Gasteiger partial charge in [0, 0.05) is 29.9 Å². The quantitative estimate of drug-likeness (QED) is 0.926. The van der Waals surface area contributed by atoms with Gasteiger partial charge < -0.3 is 15.0 Å². The number of pyridine rings is 1. The van der Waals surface area contributed by atoms with Crippen molar-refractivity contribution in [1.29, 1.82) is 0 Å². The first kappa shape index (κ1) is 15.9. The number of aryl methyl sites for hydroxylation is 2. The minimum atomic E-state index is -0.162. The second-order valence-corrected chi connectivity index (χ2v) is 6.71. The van der Waals surface area contributed by atoms with Crippen LogP contribution >= 0.6 is 11.3 Å². The lowest BCUT2D eigenvalue weighted by Crippen LogP contribution is -2.36. The van der Waals surface area contributed by atoms with Gasteiger partial charge in [-0.2, -0.15) is 0 Å². The summed E-state index contributed by atoms with van der Waals surface area (Å²) in [5.41, 5.74) is 2.42. The van der Waals surface area contributed by atoms with Crippen molar-refractivity contribution in [2.45, 2.75) is 20.4 Å². The molecular weight excluding hydrogens is 312 g/mol. The first-order chi connectivity index (χ1) is 11.1. The molecule has 1 aliphatic heterocycles. The van der Waals surface area contributed by atoms with E-state index in [1.807, 2.05) is 26.0 Å². The van der Waals surface area contributed by atoms with Crippen molar-refractivity contribution in [2.24, 2.45) is 0 Å². The second-order valence-electron chi connectivity index (χ2n) is 5.42. The zero-order valence-electron chi connectivity index (χ0n) is 13.3. The summed E-state index contributed by atoms with van der Waals surface area (Å²) in [5.74, 6) is -0.162. The van der Waals surface area contributed by atoms with Crippen molar-refractivity contribution in [2.75, 3.05) is 31.2 Å². The molecule has 0 aliphatic carbocycles. The Morgan fingerprint density at radius 1 is 1.39 bits per heavy atom. The first-order valence-electron chi connectivity index (χ1n) is 7.63. The van der Waals surface area contributed by atoms with Gasteiger partial charge in [0.25, 0.3) is 5.91 Å². The van der Waals surface area contributed by atoms with E-state index >= 15 is 0 Å². The molecule has 1 N–H and O–H groups in total. The molecule has 0 saturated carbocycles. The molecule has 6 nitrogen and oxygen atoms in total. The number of hydrogen-bond acceptors (Lipinski definition) is 6. The van der Waals surface area contributed by atoms with Crippen LogP contribution in [-0.4, -0.2) is 42.2 Å². The Morgan fingerprint density at radius 2 is 2.17 bits per heavy atom. The molecule has 1 aliphatic rings. The highest BCUT2D eigenvalue weighted by Gasteiger charge is 2.15. The Hall–Kier alpha value is -1.99. The minimum Gasteiger partial charge on any atom is -0.378 e. The van der Waals surface area contributed by atoms with Gasteiger partial charge in [-0.15, -0.1) is 11.3 Å². The van der Waals surface area contributed by atoms with E-state index in [4.69, 9.17) is 4.74 Å². The molecule has 3 rings (SSSR count). The Morgan fingerprint density at radius 3 is 2.87 bits per heavy atom. The molecule has 0 atom stereocenters. The molecule has 0 unspecified atom stereocenters. The van der Waals surface area contributed by atoms with E-state index in [1.165, 1.54) is 0 Å². The number of amides is 1. The molecule has 0 radical (unpaired) electrons. The Balaban J connectivity index is 1.66. The zero-order chi connectivity index (χ0) is 16.2. The molecular formula is C16H20N4O2S. The number of aromatic nitrogens is 2. The highest BCUT2D eigenvalue weighted by atomic mass is 32.1. The molecule has 1 fully saturated rings. The number of rotatable bonds is 4. The van der Waals surface area contributed by atoms with Crippen LogP contribution in [-0.2, 0) is 11.3 Å². The zero-order valence-corrected chi connectivity index (χ0v) is 14.2. The van der Waals surface area contributed by atoms with Crippen LogP contribution in [0.5, 0.6) is 0 Å². The van der Waals surface area contributed by atoms with E-state index in [0.29, 0.717) is 25.5 Å². The number of hydrogen-bond donors (Lipinski definition) is 1. The average Bonchev–Trinajstić information content (AvgIpc) is 2.91. The fourth-order valence-electron chi connectivity index (χ4n) is 2.55. The van der Waals surface area contributed by atoms with Crippen LogP contribution in [0, 0.1) is 13.8 Å². The largest absolute Gasteiger partial charge is 0.378 e. The molecule has 0 aromatic carbocycles. The number of anilines is 1. The monoisotopic (exact) mass is 332 g/mol. The fraction of sp³-hybridized carbons (Fsp3) is 0.438. The van der Waals surface area contributed by atoms with Crippen LogP contribution < -0.4 is 10.2 Å². The van der Waals surface area contributed by atoms with E-state index in [-0.39, 0.29) is 5.91 Å². The molecule has 3 heterocycles. The van der Waals surface area contributed by atoms with E-state index in [2.05, 4.69) is 20.2 Å². The molecule has 7 heteroatoms. The van der Waals surface area contributed by atoms with E-state index < -0.39 is 0 Å². The molecule has 0 spiro atoms. The van der Waals surface area contributed by atoms with Gasteiger partial charge in [-0.3, -0.25) is 9.78 Å². The van der Waals surface area contributed by atoms with E-state index in [9.17, 15) is 4.79 Å². The summed E-state index contributed by atoms with van der Waals surface area (Å²) in [5, 5.41) is 3.94. The summed E-state index contributed by atoms with van der Waals surface area (Å²) in [6, 6.07) is 3.77. The SMILES string of the molecule is Cc1nc(C)c(CNC(=O)c2cc(N3CCOCC3)ccn2)s1. The van der Waals surface area contributed by atoms with Gasteiger partial charge in [0.15, 0.2) is 0 Å². The highest BCUT2D eigenvalue weighted by Crippen LogP contribution is 2.18. The summed E-state index contributed by atoms with van der Waals surface area (Å²) in [4.78, 5) is 24.2. The maximum Gasteiger partial charge on any atom is 0.270 e. The number of carbonyl (C=O) groups excluding carboxylic acids is 1. The van der Waals surface area contributed by atoms with Gasteiger partial charge in [-0.25, -0.2) is 4.98 Å². The van der Waals surface area contributed by atoms with E-state index in [0.717, 1.165) is 34.4 Å². The van der Waals surface area contributed by atoms with Gasteiger partial charge >= 0.3 is 0 Å². The minimum absolute atomic E-state index is 0.162. The highest BCUT2D eigenvalue weighted by molar-refractivity contribution is 7.11. The van der Waals surface area contributed by atoms with Gasteiger partial charge in [0.2, 0.25) is 0 Å². The third kappa shape index (κ3) is 3.86. The van der Waals surface area contributed by atoms with Crippen LogP contribution in [0.2, 0.25) is 0 Å². The lowest BCUT2D eigenvalue weighted by molar-refractivity contribution is 0.0946. The summed E-state index contributed by atoms with van der Waals surface area (Å²) in [6.45, 7) is 7.52. The third-order valence-corrected chi connectivity index (χ3v) is 4.83. The smallest absolute Gasteiger partial charge is 0.270 e.